The average Bonchev–Trinajstić information content (AvgIpc) is 2.83. The highest BCUT2D eigenvalue weighted by Gasteiger charge is 2.51. The van der Waals surface area contributed by atoms with Crippen molar-refractivity contribution in [2.24, 2.45) is 0 Å². The molecule has 2 heterocycles. The Labute approximate surface area is 198 Å². The summed E-state index contributed by atoms with van der Waals surface area (Å²) in [6, 6.07) is 3.64. The van der Waals surface area contributed by atoms with Gasteiger partial charge in [-0.1, -0.05) is 0 Å². The number of hydrogen-bond donors (Lipinski definition) is 7. The SMILES string of the molecule is CC(=O)N[C@H]1[C@H](Oc2ccc([N+](=O)[O-])cc2)O[C@H](CO)[C@@H](O[C@H]2O[C@@H](CO)[C@H](O)[C@@H](O)[C@@H]2O)[C@@H]1O. The predicted octanol–water partition coefficient (Wildman–Crippen LogP) is -3.26. The summed E-state index contributed by atoms with van der Waals surface area (Å²) in [5, 5.41) is 73.7. The molecule has 0 aromatic heterocycles. The van der Waals surface area contributed by atoms with Gasteiger partial charge in [0.25, 0.3) is 5.69 Å². The number of aliphatic hydroxyl groups is 6. The average molecular weight is 504 g/mol. The maximum absolute atomic E-state index is 11.8. The first-order chi connectivity index (χ1) is 16.6. The topological polar surface area (TPSA) is 231 Å². The number of rotatable bonds is 8. The first-order valence-electron chi connectivity index (χ1n) is 10.7. The Kier molecular flexibility index (Phi) is 8.92. The molecule has 1 aromatic carbocycles. The zero-order valence-electron chi connectivity index (χ0n) is 18.5. The van der Waals surface area contributed by atoms with Crippen LogP contribution in [-0.4, -0.2) is 116 Å². The molecule has 3 rings (SSSR count). The summed E-state index contributed by atoms with van der Waals surface area (Å²) >= 11 is 0. The summed E-state index contributed by atoms with van der Waals surface area (Å²) in [5.41, 5.74) is -0.193. The van der Waals surface area contributed by atoms with Crippen LogP contribution in [-0.2, 0) is 19.0 Å². The fraction of sp³-hybridized carbons (Fsp3) is 0.650. The molecule has 2 saturated heterocycles. The van der Waals surface area contributed by atoms with Gasteiger partial charge in [-0.2, -0.15) is 0 Å². The highest BCUT2D eigenvalue weighted by atomic mass is 16.7. The van der Waals surface area contributed by atoms with Crippen LogP contribution in [0.5, 0.6) is 5.75 Å². The lowest BCUT2D eigenvalue weighted by Gasteiger charge is -2.47. The maximum Gasteiger partial charge on any atom is 0.269 e. The van der Waals surface area contributed by atoms with E-state index < -0.39 is 85.4 Å². The van der Waals surface area contributed by atoms with Crippen molar-refractivity contribution < 1.29 is 59.3 Å². The van der Waals surface area contributed by atoms with E-state index in [1.165, 1.54) is 31.2 Å². The van der Waals surface area contributed by atoms with Gasteiger partial charge in [-0.05, 0) is 12.1 Å². The van der Waals surface area contributed by atoms with Crippen LogP contribution >= 0.6 is 0 Å². The maximum atomic E-state index is 11.8. The standard InChI is InChI=1S/C20H28N2O13/c1-8(25)21-13-15(27)18(35-20-17(29)16(28)14(26)11(6-23)33-20)12(7-24)34-19(13)32-10-4-2-9(3-5-10)22(30)31/h2-5,11-20,23-24,26-29H,6-7H2,1H3,(H,21,25)/t11-,12+,13+,14-,15+,16+,17-,18+,19+,20+/m0/s1. The molecule has 2 aliphatic heterocycles. The van der Waals surface area contributed by atoms with Crippen LogP contribution in [0.25, 0.3) is 0 Å². The lowest BCUT2D eigenvalue weighted by atomic mass is 9.95. The van der Waals surface area contributed by atoms with Crippen molar-refractivity contribution in [2.45, 2.75) is 68.3 Å². The molecule has 1 aromatic rings. The number of nitrogens with zero attached hydrogens (tertiary/aromatic N) is 1. The van der Waals surface area contributed by atoms with Crippen LogP contribution in [0, 0.1) is 10.1 Å². The molecule has 0 unspecified atom stereocenters. The van der Waals surface area contributed by atoms with Gasteiger partial charge in [0.1, 0.15) is 54.5 Å². The van der Waals surface area contributed by atoms with E-state index >= 15 is 0 Å². The molecule has 2 aliphatic rings. The van der Waals surface area contributed by atoms with E-state index in [0.717, 1.165) is 0 Å². The summed E-state index contributed by atoms with van der Waals surface area (Å²) < 4.78 is 22.2. The van der Waals surface area contributed by atoms with E-state index in [2.05, 4.69) is 5.32 Å². The summed E-state index contributed by atoms with van der Waals surface area (Å²) in [6.07, 6.45) is -13.8. The second kappa shape index (κ2) is 11.5. The van der Waals surface area contributed by atoms with Gasteiger partial charge in [0, 0.05) is 19.1 Å². The van der Waals surface area contributed by atoms with Crippen LogP contribution in [0.15, 0.2) is 24.3 Å². The number of amides is 1. The second-order valence-electron chi connectivity index (χ2n) is 8.11. The zero-order chi connectivity index (χ0) is 25.9. The molecule has 35 heavy (non-hydrogen) atoms. The number of benzene rings is 1. The third-order valence-corrected chi connectivity index (χ3v) is 5.66. The molecular weight excluding hydrogens is 476 g/mol. The molecule has 0 radical (unpaired) electrons. The van der Waals surface area contributed by atoms with Gasteiger partial charge in [0.15, 0.2) is 6.29 Å². The second-order valence-corrected chi connectivity index (χ2v) is 8.11. The van der Waals surface area contributed by atoms with Gasteiger partial charge < -0.3 is 54.9 Å². The smallest absolute Gasteiger partial charge is 0.269 e. The zero-order valence-corrected chi connectivity index (χ0v) is 18.5. The molecule has 1 amide bonds. The third-order valence-electron chi connectivity index (χ3n) is 5.66. The number of hydrogen-bond acceptors (Lipinski definition) is 13. The Bertz CT molecular complexity index is 869. The van der Waals surface area contributed by atoms with Crippen LogP contribution in [0.1, 0.15) is 6.92 Å². The summed E-state index contributed by atoms with van der Waals surface area (Å²) in [5.74, 6) is -0.475. The van der Waals surface area contributed by atoms with Gasteiger partial charge in [-0.3, -0.25) is 14.9 Å². The van der Waals surface area contributed by atoms with Gasteiger partial charge >= 0.3 is 0 Å². The van der Waals surface area contributed by atoms with Crippen molar-refractivity contribution in [3.8, 4) is 5.75 Å². The molecule has 0 aliphatic carbocycles. The molecule has 0 bridgehead atoms. The van der Waals surface area contributed by atoms with Crippen LogP contribution in [0.3, 0.4) is 0 Å². The molecule has 0 saturated carbocycles. The van der Waals surface area contributed by atoms with Gasteiger partial charge in [0.2, 0.25) is 12.2 Å². The monoisotopic (exact) mass is 504 g/mol. The first kappa shape index (κ1) is 27.1. The number of nitrogens with one attached hydrogen (secondary N) is 1. The van der Waals surface area contributed by atoms with Gasteiger partial charge in [-0.15, -0.1) is 0 Å². The Morgan fingerprint density at radius 2 is 1.57 bits per heavy atom. The lowest BCUT2D eigenvalue weighted by Crippen LogP contribution is -2.68. The summed E-state index contributed by atoms with van der Waals surface area (Å²) in [4.78, 5) is 22.0. The summed E-state index contributed by atoms with van der Waals surface area (Å²) in [7, 11) is 0. The molecule has 2 fully saturated rings. The lowest BCUT2D eigenvalue weighted by molar-refractivity contribution is -0.384. The fourth-order valence-corrected chi connectivity index (χ4v) is 3.84. The Hall–Kier alpha value is -2.47. The number of carbonyl (C=O) groups excluding carboxylic acids is 1. The van der Waals surface area contributed by atoms with Crippen molar-refractivity contribution in [1.82, 2.24) is 5.32 Å². The van der Waals surface area contributed by atoms with Crippen molar-refractivity contribution >= 4 is 11.6 Å². The minimum absolute atomic E-state index is 0.105. The quantitative estimate of drug-likeness (QED) is 0.136. The number of aliphatic hydroxyl groups excluding tert-OH is 6. The molecule has 10 atom stereocenters. The molecule has 0 spiro atoms. The first-order valence-corrected chi connectivity index (χ1v) is 10.7. The number of carbonyl (C=O) groups is 1. The minimum atomic E-state index is -1.78. The Balaban J connectivity index is 1.81. The van der Waals surface area contributed by atoms with Gasteiger partial charge in [-0.25, -0.2) is 0 Å². The van der Waals surface area contributed by atoms with Crippen molar-refractivity contribution in [3.63, 3.8) is 0 Å². The van der Waals surface area contributed by atoms with E-state index in [-0.39, 0.29) is 11.4 Å². The van der Waals surface area contributed by atoms with E-state index in [9.17, 15) is 45.5 Å². The predicted molar refractivity (Wildman–Crippen MR) is 112 cm³/mol. The molecule has 196 valence electrons. The summed E-state index contributed by atoms with van der Waals surface area (Å²) in [6.45, 7) is -0.259. The van der Waals surface area contributed by atoms with Crippen molar-refractivity contribution in [3.05, 3.63) is 34.4 Å². The van der Waals surface area contributed by atoms with Crippen LogP contribution < -0.4 is 10.1 Å². The Morgan fingerprint density at radius 1 is 0.971 bits per heavy atom. The van der Waals surface area contributed by atoms with Crippen LogP contribution in [0.4, 0.5) is 5.69 Å². The molecule has 7 N–H and O–H groups in total. The highest BCUT2D eigenvalue weighted by molar-refractivity contribution is 5.73. The molecule has 15 heteroatoms. The molecule has 15 nitrogen and oxygen atoms in total. The number of nitro groups is 1. The van der Waals surface area contributed by atoms with Crippen molar-refractivity contribution in [1.29, 1.82) is 0 Å². The van der Waals surface area contributed by atoms with Crippen molar-refractivity contribution in [2.75, 3.05) is 13.2 Å². The van der Waals surface area contributed by atoms with E-state index in [1.807, 2.05) is 0 Å². The fourth-order valence-electron chi connectivity index (χ4n) is 3.84. The van der Waals surface area contributed by atoms with E-state index in [1.54, 1.807) is 0 Å². The highest BCUT2D eigenvalue weighted by Crippen LogP contribution is 2.30. The number of nitro benzene ring substituents is 1. The van der Waals surface area contributed by atoms with E-state index in [0.29, 0.717) is 0 Å². The van der Waals surface area contributed by atoms with Gasteiger partial charge in [0.05, 0.1) is 18.1 Å². The molecular formula is C20H28N2O13. The van der Waals surface area contributed by atoms with E-state index in [4.69, 9.17) is 18.9 Å². The van der Waals surface area contributed by atoms with Crippen LogP contribution in [0.2, 0.25) is 0 Å². The normalized spacial score (nSPS) is 37.5. The Morgan fingerprint density at radius 3 is 2.11 bits per heavy atom. The number of non-ortho nitro benzene ring substituents is 1. The minimum Gasteiger partial charge on any atom is -0.463 e. The largest absolute Gasteiger partial charge is 0.463 e. The number of ether oxygens (including phenoxy) is 4. The third kappa shape index (κ3) is 6.03.